The van der Waals surface area contributed by atoms with E-state index >= 15 is 0 Å². The molecule has 1 aliphatic carbocycles. The summed E-state index contributed by atoms with van der Waals surface area (Å²) >= 11 is 9.61. The van der Waals surface area contributed by atoms with Gasteiger partial charge in [0.2, 0.25) is 10.0 Å². The second-order valence-electron chi connectivity index (χ2n) is 9.11. The van der Waals surface area contributed by atoms with Gasteiger partial charge < -0.3 is 14.3 Å². The average molecular weight is 637 g/mol. The van der Waals surface area contributed by atoms with Crippen LogP contribution in [-0.4, -0.2) is 38.8 Å². The summed E-state index contributed by atoms with van der Waals surface area (Å²) < 4.78 is 52.1. The number of carboxylic acids is 1. The Bertz CT molecular complexity index is 1770. The van der Waals surface area contributed by atoms with E-state index in [-0.39, 0.29) is 54.6 Å². The van der Waals surface area contributed by atoms with E-state index < -0.39 is 27.8 Å². The van der Waals surface area contributed by atoms with Crippen molar-refractivity contribution in [3.8, 4) is 11.3 Å². The lowest BCUT2D eigenvalue weighted by molar-refractivity contribution is 0.0598. The standard InChI is InChI=1S/C27H20BrClFNO7S/c1-37-27(34)19-9-16(10-20(29)24(19)28)31(39(2,35)36)21-12-22-18(11-17(21)13-3-4-13)23(26(32)33)25(38-22)14-5-7-15(30)8-6-14/h5-13H,3-4H2,1-2H3,(H,32,33). The van der Waals surface area contributed by atoms with Crippen LogP contribution in [0.2, 0.25) is 5.02 Å². The van der Waals surface area contributed by atoms with Gasteiger partial charge in [-0.3, -0.25) is 0 Å². The van der Waals surface area contributed by atoms with E-state index in [0.29, 0.717) is 11.1 Å². The zero-order valence-corrected chi connectivity index (χ0v) is 23.7. The third-order valence-corrected chi connectivity index (χ3v) is 8.83. The summed E-state index contributed by atoms with van der Waals surface area (Å²) in [5.74, 6) is -2.47. The molecule has 0 radical (unpaired) electrons. The number of ether oxygens (including phenoxy) is 1. The quantitative estimate of drug-likeness (QED) is 0.215. The highest BCUT2D eigenvalue weighted by atomic mass is 79.9. The highest BCUT2D eigenvalue weighted by Gasteiger charge is 2.34. The number of aromatic carboxylic acids is 1. The van der Waals surface area contributed by atoms with Crippen LogP contribution in [0.15, 0.2) is 57.4 Å². The minimum absolute atomic E-state index is 0.0157. The number of hydrogen-bond donors (Lipinski definition) is 1. The number of halogens is 3. The molecule has 0 unspecified atom stereocenters. The zero-order valence-electron chi connectivity index (χ0n) is 20.5. The maximum absolute atomic E-state index is 13.5. The number of carboxylic acid groups (broad SMARTS) is 1. The Morgan fingerprint density at radius 2 is 1.82 bits per heavy atom. The lowest BCUT2D eigenvalue weighted by atomic mass is 10.0. The third-order valence-electron chi connectivity index (χ3n) is 6.38. The molecule has 202 valence electrons. The Kier molecular flexibility index (Phi) is 6.94. The zero-order chi connectivity index (χ0) is 28.2. The Hall–Kier alpha value is -3.41. The van der Waals surface area contributed by atoms with Crippen LogP contribution in [0.1, 0.15) is 45.0 Å². The lowest BCUT2D eigenvalue weighted by Gasteiger charge is -2.26. The average Bonchev–Trinajstić information content (AvgIpc) is 3.65. The minimum atomic E-state index is -4.02. The van der Waals surface area contributed by atoms with Crippen LogP contribution in [0.25, 0.3) is 22.3 Å². The third kappa shape index (κ3) is 5.02. The molecule has 0 bridgehead atoms. The van der Waals surface area contributed by atoms with Crippen molar-refractivity contribution in [2.24, 2.45) is 0 Å². The van der Waals surface area contributed by atoms with Crippen LogP contribution in [0.5, 0.6) is 0 Å². The molecule has 0 aliphatic heterocycles. The van der Waals surface area contributed by atoms with Crippen LogP contribution >= 0.6 is 27.5 Å². The normalized spacial score (nSPS) is 13.5. The van der Waals surface area contributed by atoms with Gasteiger partial charge in [0.15, 0.2) is 0 Å². The first kappa shape index (κ1) is 27.2. The second kappa shape index (κ2) is 9.96. The van der Waals surface area contributed by atoms with Gasteiger partial charge in [0.25, 0.3) is 0 Å². The van der Waals surface area contributed by atoms with Crippen LogP contribution in [0, 0.1) is 5.82 Å². The summed E-state index contributed by atoms with van der Waals surface area (Å²) in [5.41, 5.74) is 1.29. The fourth-order valence-electron chi connectivity index (χ4n) is 4.52. The summed E-state index contributed by atoms with van der Waals surface area (Å²) in [6.45, 7) is 0. The van der Waals surface area contributed by atoms with Crippen molar-refractivity contribution in [2.75, 3.05) is 17.7 Å². The molecule has 12 heteroatoms. The Morgan fingerprint density at radius 3 is 2.38 bits per heavy atom. The molecule has 1 aliphatic rings. The van der Waals surface area contributed by atoms with Crippen molar-refractivity contribution in [3.63, 3.8) is 0 Å². The molecule has 5 rings (SSSR count). The highest BCUT2D eigenvalue weighted by Crippen LogP contribution is 2.50. The SMILES string of the molecule is COC(=O)c1cc(N(c2cc3oc(-c4ccc(F)cc4)c(C(=O)O)c3cc2C2CC2)S(C)(=O)=O)cc(Cl)c1Br. The van der Waals surface area contributed by atoms with Gasteiger partial charge in [-0.1, -0.05) is 11.6 Å². The molecule has 1 N–H and O–H groups in total. The molecule has 8 nitrogen and oxygen atoms in total. The summed E-state index contributed by atoms with van der Waals surface area (Å²) in [6, 6.07) is 11.0. The van der Waals surface area contributed by atoms with Crippen molar-refractivity contribution in [3.05, 3.63) is 80.5 Å². The van der Waals surface area contributed by atoms with Gasteiger partial charge in [-0.25, -0.2) is 26.7 Å². The molecule has 1 fully saturated rings. The molecule has 39 heavy (non-hydrogen) atoms. The van der Waals surface area contributed by atoms with Crippen molar-refractivity contribution < 1.29 is 36.7 Å². The van der Waals surface area contributed by atoms with E-state index in [9.17, 15) is 27.5 Å². The van der Waals surface area contributed by atoms with Gasteiger partial charge in [0, 0.05) is 17.0 Å². The van der Waals surface area contributed by atoms with E-state index in [4.69, 9.17) is 20.8 Å². The molecule has 1 heterocycles. The summed E-state index contributed by atoms with van der Waals surface area (Å²) in [7, 11) is -2.82. The number of sulfonamides is 1. The first-order valence-electron chi connectivity index (χ1n) is 11.6. The van der Waals surface area contributed by atoms with Crippen molar-refractivity contribution in [1.82, 2.24) is 0 Å². The maximum Gasteiger partial charge on any atom is 0.340 e. The number of anilines is 2. The van der Waals surface area contributed by atoms with Gasteiger partial charge in [0.05, 0.1) is 39.8 Å². The van der Waals surface area contributed by atoms with Crippen LogP contribution in [0.3, 0.4) is 0 Å². The Labute approximate surface area is 236 Å². The number of fused-ring (bicyclic) bond motifs is 1. The number of esters is 1. The van der Waals surface area contributed by atoms with E-state index in [1.807, 2.05) is 0 Å². The first-order valence-corrected chi connectivity index (χ1v) is 14.6. The van der Waals surface area contributed by atoms with Crippen molar-refractivity contribution in [1.29, 1.82) is 0 Å². The maximum atomic E-state index is 13.5. The number of benzene rings is 3. The van der Waals surface area contributed by atoms with Gasteiger partial charge >= 0.3 is 11.9 Å². The number of methoxy groups -OCH3 is 1. The summed E-state index contributed by atoms with van der Waals surface area (Å²) in [4.78, 5) is 24.7. The molecule has 0 atom stereocenters. The fraction of sp³-hybridized carbons (Fsp3) is 0.185. The molecule has 4 aromatic rings. The smallest absolute Gasteiger partial charge is 0.340 e. The molecule has 1 saturated carbocycles. The van der Waals surface area contributed by atoms with E-state index in [2.05, 4.69) is 15.9 Å². The molecular weight excluding hydrogens is 617 g/mol. The number of rotatable bonds is 7. The predicted octanol–water partition coefficient (Wildman–Crippen LogP) is 7.11. The van der Waals surface area contributed by atoms with Crippen LogP contribution in [0.4, 0.5) is 15.8 Å². The van der Waals surface area contributed by atoms with E-state index in [1.54, 1.807) is 6.07 Å². The first-order chi connectivity index (χ1) is 18.4. The number of carbonyl (C=O) groups is 2. The topological polar surface area (TPSA) is 114 Å². The fourth-order valence-corrected chi connectivity index (χ4v) is 6.13. The lowest BCUT2D eigenvalue weighted by Crippen LogP contribution is -2.26. The number of nitrogens with zero attached hydrogens (tertiary/aromatic N) is 1. The van der Waals surface area contributed by atoms with Crippen LogP contribution in [-0.2, 0) is 14.8 Å². The Morgan fingerprint density at radius 1 is 1.15 bits per heavy atom. The predicted molar refractivity (Wildman–Crippen MR) is 148 cm³/mol. The monoisotopic (exact) mass is 635 g/mol. The summed E-state index contributed by atoms with van der Waals surface area (Å²) in [6.07, 6.45) is 2.56. The van der Waals surface area contributed by atoms with Gasteiger partial charge in [-0.05, 0) is 82.7 Å². The molecule has 0 amide bonds. The van der Waals surface area contributed by atoms with E-state index in [0.717, 1.165) is 23.4 Å². The molecule has 3 aromatic carbocycles. The Balaban J connectivity index is 1.80. The number of hydrogen-bond acceptors (Lipinski definition) is 6. The van der Waals surface area contributed by atoms with E-state index in [1.165, 1.54) is 49.6 Å². The number of furan rings is 1. The van der Waals surface area contributed by atoms with Crippen molar-refractivity contribution in [2.45, 2.75) is 18.8 Å². The van der Waals surface area contributed by atoms with Crippen LogP contribution < -0.4 is 4.31 Å². The minimum Gasteiger partial charge on any atom is -0.478 e. The molecule has 1 aromatic heterocycles. The molecular formula is C27H20BrClFNO7S. The molecule has 0 spiro atoms. The van der Waals surface area contributed by atoms with Gasteiger partial charge in [0.1, 0.15) is 22.7 Å². The highest BCUT2D eigenvalue weighted by molar-refractivity contribution is 9.10. The van der Waals surface area contributed by atoms with Gasteiger partial charge in [-0.2, -0.15) is 0 Å². The second-order valence-corrected chi connectivity index (χ2v) is 12.1. The van der Waals surface area contributed by atoms with Crippen molar-refractivity contribution >= 4 is 71.8 Å². The largest absolute Gasteiger partial charge is 0.478 e. The van der Waals surface area contributed by atoms with Gasteiger partial charge in [-0.15, -0.1) is 0 Å². The number of carbonyl (C=O) groups excluding carboxylic acids is 1. The summed E-state index contributed by atoms with van der Waals surface area (Å²) in [5, 5.41) is 10.4. The molecule has 0 saturated heterocycles.